The van der Waals surface area contributed by atoms with Gasteiger partial charge in [0.15, 0.2) is 5.96 Å². The van der Waals surface area contributed by atoms with Crippen molar-refractivity contribution in [2.24, 2.45) is 4.99 Å². The Morgan fingerprint density at radius 1 is 1.31 bits per heavy atom. The van der Waals surface area contributed by atoms with Gasteiger partial charge in [-0.3, -0.25) is 9.79 Å². The molecular formula is C19H29IN4OS. The summed E-state index contributed by atoms with van der Waals surface area (Å²) in [4.78, 5) is 18.7. The van der Waals surface area contributed by atoms with E-state index in [2.05, 4.69) is 40.7 Å². The van der Waals surface area contributed by atoms with Crippen LogP contribution in [-0.2, 0) is 17.8 Å². The molecule has 5 nitrogen and oxygen atoms in total. The molecule has 1 unspecified atom stereocenters. The molecular weight excluding hydrogens is 459 g/mol. The van der Waals surface area contributed by atoms with Crippen molar-refractivity contribution in [2.75, 3.05) is 32.4 Å². The summed E-state index contributed by atoms with van der Waals surface area (Å²) < 4.78 is 0.276. The fourth-order valence-corrected chi connectivity index (χ4v) is 4.69. The van der Waals surface area contributed by atoms with Crippen LogP contribution in [0.1, 0.15) is 30.9 Å². The van der Waals surface area contributed by atoms with Gasteiger partial charge in [0.2, 0.25) is 5.91 Å². The number of aliphatic imine (C=N–C) groups is 1. The molecule has 144 valence electrons. The number of nitrogens with one attached hydrogen (secondary N) is 2. The Morgan fingerprint density at radius 3 is 2.77 bits per heavy atom. The quantitative estimate of drug-likeness (QED) is 0.389. The molecule has 2 heterocycles. The van der Waals surface area contributed by atoms with E-state index in [4.69, 9.17) is 0 Å². The fourth-order valence-electron chi connectivity index (χ4n) is 3.45. The first kappa shape index (κ1) is 21.3. The molecule has 1 amide bonds. The fraction of sp³-hybridized carbons (Fsp3) is 0.579. The second-order valence-corrected chi connectivity index (χ2v) is 8.70. The Morgan fingerprint density at radius 2 is 2.08 bits per heavy atom. The first-order chi connectivity index (χ1) is 12.1. The average Bonchev–Trinajstić information content (AvgIpc) is 3.08. The molecule has 7 heteroatoms. The maximum Gasteiger partial charge on any atom is 0.242 e. The molecule has 2 aliphatic heterocycles. The van der Waals surface area contributed by atoms with Gasteiger partial charge in [-0.05, 0) is 43.1 Å². The Balaban J connectivity index is 0.00000243. The largest absolute Gasteiger partial charge is 0.355 e. The summed E-state index contributed by atoms with van der Waals surface area (Å²) in [6, 6.07) is 8.38. The second-order valence-electron chi connectivity index (χ2n) is 7.02. The van der Waals surface area contributed by atoms with E-state index in [-0.39, 0.29) is 41.2 Å². The predicted molar refractivity (Wildman–Crippen MR) is 120 cm³/mol. The number of guanidine groups is 1. The molecule has 0 saturated carbocycles. The lowest BCUT2D eigenvalue weighted by atomic mass is 10.00. The summed E-state index contributed by atoms with van der Waals surface area (Å²) >= 11 is 2.02. The van der Waals surface area contributed by atoms with E-state index < -0.39 is 0 Å². The maximum atomic E-state index is 12.5. The summed E-state index contributed by atoms with van der Waals surface area (Å²) in [6.45, 7) is 4.95. The van der Waals surface area contributed by atoms with E-state index >= 15 is 0 Å². The molecule has 2 aliphatic rings. The molecule has 0 radical (unpaired) electrons. The molecule has 0 aliphatic carbocycles. The zero-order chi connectivity index (χ0) is 17.7. The van der Waals surface area contributed by atoms with Crippen LogP contribution in [0.5, 0.6) is 0 Å². The third-order valence-corrected chi connectivity index (χ3v) is 6.58. The summed E-state index contributed by atoms with van der Waals surface area (Å²) in [5, 5.41) is 6.54. The number of halogens is 1. The predicted octanol–water partition coefficient (Wildman–Crippen LogP) is 2.64. The molecule has 0 bridgehead atoms. The molecule has 1 atom stereocenters. The number of hydrogen-bond donors (Lipinski definition) is 2. The lowest BCUT2D eigenvalue weighted by Gasteiger charge is -2.29. The Kier molecular flexibility index (Phi) is 8.06. The molecule has 1 fully saturated rings. The molecule has 0 aromatic heterocycles. The van der Waals surface area contributed by atoms with Gasteiger partial charge in [0, 0.05) is 31.4 Å². The minimum Gasteiger partial charge on any atom is -0.355 e. The molecule has 1 saturated heterocycles. The van der Waals surface area contributed by atoms with Crippen molar-refractivity contribution in [2.45, 2.75) is 37.5 Å². The minimum absolute atomic E-state index is 0. The number of benzene rings is 1. The van der Waals surface area contributed by atoms with E-state index in [0.717, 1.165) is 19.5 Å². The molecule has 1 aromatic rings. The van der Waals surface area contributed by atoms with E-state index in [1.54, 1.807) is 7.05 Å². The van der Waals surface area contributed by atoms with Gasteiger partial charge in [0.1, 0.15) is 0 Å². The monoisotopic (exact) mass is 488 g/mol. The van der Waals surface area contributed by atoms with Crippen LogP contribution in [0, 0.1) is 0 Å². The molecule has 2 N–H and O–H groups in total. The number of fused-ring (bicyclic) bond motifs is 1. The summed E-state index contributed by atoms with van der Waals surface area (Å²) in [6.07, 6.45) is 3.45. The standard InChI is InChI=1S/C19H28N4OS.HI/c1-19(9-5-11-25-19)14-22-18(20-2)21-12-17(24)23-10-8-15-6-3-4-7-16(15)13-23;/h3-4,6-7H,5,8-14H2,1-2H3,(H2,20,21,22);1H. The number of hydrogen-bond acceptors (Lipinski definition) is 3. The van der Waals surface area contributed by atoms with Crippen LogP contribution in [0.4, 0.5) is 0 Å². The number of rotatable bonds is 4. The number of nitrogens with zero attached hydrogens (tertiary/aromatic N) is 2. The summed E-state index contributed by atoms with van der Waals surface area (Å²) in [5.74, 6) is 2.07. The first-order valence-corrected chi connectivity index (χ1v) is 10.0. The molecule has 3 rings (SSSR count). The van der Waals surface area contributed by atoms with Crippen LogP contribution in [0.2, 0.25) is 0 Å². The highest BCUT2D eigenvalue weighted by Crippen LogP contribution is 2.36. The van der Waals surface area contributed by atoms with E-state index in [1.807, 2.05) is 22.7 Å². The highest BCUT2D eigenvalue weighted by molar-refractivity contribution is 14.0. The van der Waals surface area contributed by atoms with Gasteiger partial charge in [0.05, 0.1) is 6.54 Å². The van der Waals surface area contributed by atoms with E-state index in [1.165, 1.54) is 29.7 Å². The van der Waals surface area contributed by atoms with Crippen molar-refractivity contribution in [3.05, 3.63) is 35.4 Å². The number of carbonyl (C=O) groups is 1. The van der Waals surface area contributed by atoms with Crippen LogP contribution in [0.15, 0.2) is 29.3 Å². The zero-order valence-electron chi connectivity index (χ0n) is 15.6. The Bertz CT molecular complexity index is 646. The van der Waals surface area contributed by atoms with Crippen LogP contribution in [0.3, 0.4) is 0 Å². The van der Waals surface area contributed by atoms with Crippen molar-refractivity contribution in [1.29, 1.82) is 0 Å². The topological polar surface area (TPSA) is 56.7 Å². The van der Waals surface area contributed by atoms with Gasteiger partial charge in [-0.1, -0.05) is 24.3 Å². The molecule has 1 aromatic carbocycles. The van der Waals surface area contributed by atoms with Gasteiger partial charge < -0.3 is 15.5 Å². The molecule has 0 spiro atoms. The van der Waals surface area contributed by atoms with E-state index in [9.17, 15) is 4.79 Å². The smallest absolute Gasteiger partial charge is 0.242 e. The lowest BCUT2D eigenvalue weighted by molar-refractivity contribution is -0.130. The normalized spacial score (nSPS) is 22.4. The molecule has 26 heavy (non-hydrogen) atoms. The lowest BCUT2D eigenvalue weighted by Crippen LogP contribution is -2.48. The van der Waals surface area contributed by atoms with Crippen LogP contribution in [-0.4, -0.2) is 53.9 Å². The third-order valence-electron chi connectivity index (χ3n) is 5.04. The highest BCUT2D eigenvalue weighted by Gasteiger charge is 2.29. The van der Waals surface area contributed by atoms with Crippen LogP contribution >= 0.6 is 35.7 Å². The van der Waals surface area contributed by atoms with Gasteiger partial charge in [0.25, 0.3) is 0 Å². The third kappa shape index (κ3) is 5.52. The summed E-state index contributed by atoms with van der Waals surface area (Å²) in [7, 11) is 1.75. The van der Waals surface area contributed by atoms with Crippen molar-refractivity contribution in [3.63, 3.8) is 0 Å². The van der Waals surface area contributed by atoms with Crippen LogP contribution < -0.4 is 10.6 Å². The second kappa shape index (κ2) is 9.82. The van der Waals surface area contributed by atoms with E-state index in [0.29, 0.717) is 12.5 Å². The van der Waals surface area contributed by atoms with Gasteiger partial charge in [-0.25, -0.2) is 0 Å². The number of amides is 1. The van der Waals surface area contributed by atoms with Crippen molar-refractivity contribution < 1.29 is 4.79 Å². The average molecular weight is 488 g/mol. The zero-order valence-corrected chi connectivity index (χ0v) is 18.7. The van der Waals surface area contributed by atoms with Crippen molar-refractivity contribution >= 4 is 47.6 Å². The highest BCUT2D eigenvalue weighted by atomic mass is 127. The summed E-state index contributed by atoms with van der Waals surface area (Å²) in [5.41, 5.74) is 2.62. The van der Waals surface area contributed by atoms with Crippen LogP contribution in [0.25, 0.3) is 0 Å². The van der Waals surface area contributed by atoms with Crippen molar-refractivity contribution in [3.8, 4) is 0 Å². The number of thioether (sulfide) groups is 1. The SMILES string of the molecule is CN=C(NCC(=O)N1CCc2ccccc2C1)NCC1(C)CCCS1.I. The minimum atomic E-state index is 0. The van der Waals surface area contributed by atoms with Gasteiger partial charge >= 0.3 is 0 Å². The first-order valence-electron chi connectivity index (χ1n) is 9.03. The maximum absolute atomic E-state index is 12.5. The Labute approximate surface area is 177 Å². The van der Waals surface area contributed by atoms with Crippen molar-refractivity contribution in [1.82, 2.24) is 15.5 Å². The van der Waals surface area contributed by atoms with Gasteiger partial charge in [-0.15, -0.1) is 24.0 Å². The number of carbonyl (C=O) groups excluding carboxylic acids is 1. The Hall–Kier alpha value is -0.960. The van der Waals surface area contributed by atoms with Gasteiger partial charge in [-0.2, -0.15) is 11.8 Å².